The summed E-state index contributed by atoms with van der Waals surface area (Å²) >= 11 is 0. The van der Waals surface area contributed by atoms with Crippen molar-refractivity contribution >= 4 is 11.5 Å². The molecule has 1 heterocycles. The molecule has 0 unspecified atom stereocenters. The lowest BCUT2D eigenvalue weighted by molar-refractivity contribution is 0.580. The van der Waals surface area contributed by atoms with Gasteiger partial charge in [0.2, 0.25) is 0 Å². The lowest BCUT2D eigenvalue weighted by Crippen LogP contribution is -2.07. The number of hydrogen-bond acceptors (Lipinski definition) is 3. The molecule has 110 valence electrons. The minimum Gasteiger partial charge on any atom is -0.394 e. The number of nitrogen functional groups attached to an aromatic ring is 1. The molecule has 4 nitrogen and oxygen atoms in total. The maximum absolute atomic E-state index is 5.97. The third-order valence-corrected chi connectivity index (χ3v) is 3.59. The van der Waals surface area contributed by atoms with Crippen molar-refractivity contribution in [3.63, 3.8) is 0 Å². The van der Waals surface area contributed by atoms with E-state index in [9.17, 15) is 0 Å². The number of nitrogens with two attached hydrogens (primary N) is 1. The van der Waals surface area contributed by atoms with E-state index in [-0.39, 0.29) is 0 Å². The summed E-state index contributed by atoms with van der Waals surface area (Å²) in [5.41, 5.74) is 7.65. The molecule has 0 amide bonds. The minimum atomic E-state index is 0.780. The Balaban J connectivity index is 2.05. The first-order valence-corrected chi connectivity index (χ1v) is 7.69. The predicted molar refractivity (Wildman–Crippen MR) is 83.5 cm³/mol. The zero-order valence-electron chi connectivity index (χ0n) is 12.8. The van der Waals surface area contributed by atoms with Gasteiger partial charge in [-0.05, 0) is 13.3 Å². The van der Waals surface area contributed by atoms with E-state index in [0.717, 1.165) is 23.7 Å². The number of aryl methyl sites for hydroxylation is 2. The number of anilines is 2. The Morgan fingerprint density at radius 1 is 1.05 bits per heavy atom. The van der Waals surface area contributed by atoms with Crippen LogP contribution in [0.3, 0.4) is 0 Å². The first-order chi connectivity index (χ1) is 9.16. The van der Waals surface area contributed by atoms with Crippen LogP contribution >= 0.6 is 0 Å². The minimum absolute atomic E-state index is 0.780. The number of hydrogen-bond donors (Lipinski definition) is 2. The van der Waals surface area contributed by atoms with Crippen molar-refractivity contribution in [1.29, 1.82) is 0 Å². The Morgan fingerprint density at radius 3 is 2.16 bits per heavy atom. The molecular weight excluding hydrogens is 236 g/mol. The second kappa shape index (κ2) is 8.83. The Kier molecular flexibility index (Phi) is 7.38. The number of nitrogens with one attached hydrogen (secondary N) is 1. The quantitative estimate of drug-likeness (QED) is 0.632. The molecule has 0 aliphatic rings. The van der Waals surface area contributed by atoms with Gasteiger partial charge in [-0.1, -0.05) is 51.9 Å². The zero-order valence-corrected chi connectivity index (χ0v) is 12.8. The largest absolute Gasteiger partial charge is 0.394 e. The molecule has 0 saturated heterocycles. The molecule has 0 radical (unpaired) electrons. The van der Waals surface area contributed by atoms with Crippen molar-refractivity contribution < 1.29 is 0 Å². The summed E-state index contributed by atoms with van der Waals surface area (Å²) in [6, 6.07) is 0. The number of rotatable bonds is 10. The molecule has 0 aliphatic carbocycles. The fraction of sp³-hybridized carbons (Fsp3) is 0.800. The summed E-state index contributed by atoms with van der Waals surface area (Å²) in [5.74, 6) is 0.959. The molecule has 0 bridgehead atoms. The summed E-state index contributed by atoms with van der Waals surface area (Å²) in [6.07, 6.45) is 10.8. The van der Waals surface area contributed by atoms with Crippen molar-refractivity contribution in [2.24, 2.45) is 7.05 Å². The Hall–Kier alpha value is -1.19. The van der Waals surface area contributed by atoms with Crippen molar-refractivity contribution in [2.75, 3.05) is 17.6 Å². The van der Waals surface area contributed by atoms with Gasteiger partial charge < -0.3 is 11.1 Å². The SMILES string of the molecule is CCCCCCCCCCNc1c(N)c(C)nn1C. The molecule has 1 aromatic rings. The highest BCUT2D eigenvalue weighted by atomic mass is 15.3. The van der Waals surface area contributed by atoms with E-state index in [1.54, 1.807) is 0 Å². The smallest absolute Gasteiger partial charge is 0.147 e. The van der Waals surface area contributed by atoms with Crippen molar-refractivity contribution in [3.05, 3.63) is 5.69 Å². The van der Waals surface area contributed by atoms with Crippen LogP contribution < -0.4 is 11.1 Å². The van der Waals surface area contributed by atoms with E-state index in [4.69, 9.17) is 5.73 Å². The van der Waals surface area contributed by atoms with Crippen LogP contribution in [0.2, 0.25) is 0 Å². The summed E-state index contributed by atoms with van der Waals surface area (Å²) in [7, 11) is 1.93. The topological polar surface area (TPSA) is 55.9 Å². The standard InChI is InChI=1S/C15H30N4/c1-4-5-6-7-8-9-10-11-12-17-15-14(16)13(2)18-19(15)3/h17H,4-12,16H2,1-3H3. The van der Waals surface area contributed by atoms with Gasteiger partial charge in [-0.2, -0.15) is 5.10 Å². The van der Waals surface area contributed by atoms with Crippen LogP contribution in [-0.2, 0) is 7.05 Å². The van der Waals surface area contributed by atoms with Crippen LogP contribution in [0.25, 0.3) is 0 Å². The highest BCUT2D eigenvalue weighted by Gasteiger charge is 2.08. The van der Waals surface area contributed by atoms with E-state index in [1.807, 2.05) is 18.7 Å². The van der Waals surface area contributed by atoms with Gasteiger partial charge in [0.05, 0.1) is 11.4 Å². The van der Waals surface area contributed by atoms with Gasteiger partial charge in [0.15, 0.2) is 0 Å². The molecule has 4 heteroatoms. The summed E-state index contributed by atoms with van der Waals surface area (Å²) in [4.78, 5) is 0. The van der Waals surface area contributed by atoms with E-state index in [2.05, 4.69) is 17.3 Å². The predicted octanol–water partition coefficient (Wildman–Crippen LogP) is 3.86. The highest BCUT2D eigenvalue weighted by Crippen LogP contribution is 2.20. The van der Waals surface area contributed by atoms with Crippen LogP contribution in [-0.4, -0.2) is 16.3 Å². The van der Waals surface area contributed by atoms with E-state index < -0.39 is 0 Å². The summed E-state index contributed by atoms with van der Waals surface area (Å²) < 4.78 is 1.83. The number of aromatic nitrogens is 2. The van der Waals surface area contributed by atoms with Crippen LogP contribution in [0, 0.1) is 6.92 Å². The van der Waals surface area contributed by atoms with Crippen LogP contribution in [0.4, 0.5) is 11.5 Å². The molecule has 3 N–H and O–H groups in total. The van der Waals surface area contributed by atoms with Crippen molar-refractivity contribution in [1.82, 2.24) is 9.78 Å². The number of nitrogens with zero attached hydrogens (tertiary/aromatic N) is 2. The van der Waals surface area contributed by atoms with E-state index >= 15 is 0 Å². The molecule has 0 aromatic carbocycles. The lowest BCUT2D eigenvalue weighted by Gasteiger charge is -2.07. The molecular formula is C15H30N4. The lowest BCUT2D eigenvalue weighted by atomic mass is 10.1. The summed E-state index contributed by atoms with van der Waals surface area (Å²) in [6.45, 7) is 5.19. The Labute approximate surface area is 117 Å². The van der Waals surface area contributed by atoms with E-state index in [0.29, 0.717) is 0 Å². The molecule has 0 spiro atoms. The Bertz CT molecular complexity index is 357. The molecule has 19 heavy (non-hydrogen) atoms. The van der Waals surface area contributed by atoms with Gasteiger partial charge in [0.1, 0.15) is 5.82 Å². The van der Waals surface area contributed by atoms with Crippen LogP contribution in [0.5, 0.6) is 0 Å². The van der Waals surface area contributed by atoms with Gasteiger partial charge in [0.25, 0.3) is 0 Å². The third kappa shape index (κ3) is 5.53. The molecule has 1 aromatic heterocycles. The Morgan fingerprint density at radius 2 is 1.63 bits per heavy atom. The van der Waals surface area contributed by atoms with Gasteiger partial charge in [0, 0.05) is 13.6 Å². The fourth-order valence-electron chi connectivity index (χ4n) is 2.35. The van der Waals surface area contributed by atoms with Crippen molar-refractivity contribution in [3.8, 4) is 0 Å². The molecule has 0 fully saturated rings. The zero-order chi connectivity index (χ0) is 14.1. The first-order valence-electron chi connectivity index (χ1n) is 7.69. The third-order valence-electron chi connectivity index (χ3n) is 3.59. The highest BCUT2D eigenvalue weighted by molar-refractivity contribution is 5.64. The fourth-order valence-corrected chi connectivity index (χ4v) is 2.35. The monoisotopic (exact) mass is 266 g/mol. The second-order valence-electron chi connectivity index (χ2n) is 5.37. The normalized spacial score (nSPS) is 10.9. The molecule has 0 aliphatic heterocycles. The van der Waals surface area contributed by atoms with Gasteiger partial charge in [-0.25, -0.2) is 0 Å². The van der Waals surface area contributed by atoms with Gasteiger partial charge >= 0.3 is 0 Å². The first kappa shape index (κ1) is 15.9. The maximum Gasteiger partial charge on any atom is 0.147 e. The van der Waals surface area contributed by atoms with E-state index in [1.165, 1.54) is 51.4 Å². The average Bonchev–Trinajstić information content (AvgIpc) is 2.63. The maximum atomic E-state index is 5.97. The average molecular weight is 266 g/mol. The van der Waals surface area contributed by atoms with Gasteiger partial charge in [-0.15, -0.1) is 0 Å². The van der Waals surface area contributed by atoms with Gasteiger partial charge in [-0.3, -0.25) is 4.68 Å². The second-order valence-corrected chi connectivity index (χ2v) is 5.37. The molecule has 0 saturated carbocycles. The van der Waals surface area contributed by atoms with Crippen molar-refractivity contribution in [2.45, 2.75) is 65.2 Å². The molecule has 0 atom stereocenters. The summed E-state index contributed by atoms with van der Waals surface area (Å²) in [5, 5.41) is 7.69. The number of unbranched alkanes of at least 4 members (excludes halogenated alkanes) is 7. The van der Waals surface area contributed by atoms with Crippen LogP contribution in [0.1, 0.15) is 64.0 Å². The van der Waals surface area contributed by atoms with Crippen LogP contribution in [0.15, 0.2) is 0 Å². The molecule has 1 rings (SSSR count).